The van der Waals surface area contributed by atoms with E-state index in [1.54, 1.807) is 12.1 Å². The first-order valence-corrected chi connectivity index (χ1v) is 7.04. The second-order valence-corrected chi connectivity index (χ2v) is 5.71. The van der Waals surface area contributed by atoms with Crippen LogP contribution in [0.15, 0.2) is 18.2 Å². The lowest BCUT2D eigenvalue weighted by Crippen LogP contribution is -2.49. The lowest BCUT2D eigenvalue weighted by atomic mass is 10.1. The molecule has 2 fully saturated rings. The highest BCUT2D eigenvalue weighted by Crippen LogP contribution is 2.28. The van der Waals surface area contributed by atoms with Crippen molar-refractivity contribution in [2.45, 2.75) is 25.4 Å². The molecule has 1 unspecified atom stereocenters. The van der Waals surface area contributed by atoms with E-state index in [0.29, 0.717) is 16.8 Å². The molecule has 1 atom stereocenters. The van der Waals surface area contributed by atoms with Gasteiger partial charge in [-0.05, 0) is 31.5 Å². The minimum atomic E-state index is 0.316. The summed E-state index contributed by atoms with van der Waals surface area (Å²) in [6.07, 6.45) is 2.64. The standard InChI is InChI=1S/C14H19ClN2O/c15-13-4-1-5-14(18)12(13)10-16-7-8-17-6-2-3-11(17)9-16/h1,4-5,11,18H,2-3,6-10H2. The number of hydrogen-bond acceptors (Lipinski definition) is 3. The normalized spacial score (nSPS) is 25.3. The number of nitrogens with zero attached hydrogens (tertiary/aromatic N) is 2. The zero-order valence-corrected chi connectivity index (χ0v) is 11.2. The van der Waals surface area contributed by atoms with Crippen LogP contribution in [0.2, 0.25) is 5.02 Å². The molecular formula is C14H19ClN2O. The summed E-state index contributed by atoms with van der Waals surface area (Å²) in [5.74, 6) is 0.316. The van der Waals surface area contributed by atoms with Crippen molar-refractivity contribution >= 4 is 11.6 Å². The first-order valence-electron chi connectivity index (χ1n) is 6.67. The van der Waals surface area contributed by atoms with Gasteiger partial charge in [0.25, 0.3) is 0 Å². The monoisotopic (exact) mass is 266 g/mol. The first-order chi connectivity index (χ1) is 8.74. The summed E-state index contributed by atoms with van der Waals surface area (Å²) in [4.78, 5) is 5.00. The number of benzene rings is 1. The Balaban J connectivity index is 1.69. The highest BCUT2D eigenvalue weighted by molar-refractivity contribution is 6.31. The maximum atomic E-state index is 9.89. The van der Waals surface area contributed by atoms with Gasteiger partial charge in [-0.3, -0.25) is 9.80 Å². The lowest BCUT2D eigenvalue weighted by Gasteiger charge is -2.37. The van der Waals surface area contributed by atoms with Gasteiger partial charge in [-0.2, -0.15) is 0 Å². The lowest BCUT2D eigenvalue weighted by molar-refractivity contribution is 0.0988. The SMILES string of the molecule is Oc1cccc(Cl)c1CN1CCN2CCCC2C1. The number of phenolic OH excluding ortho intramolecular Hbond substituents is 1. The van der Waals surface area contributed by atoms with Gasteiger partial charge in [0.2, 0.25) is 0 Å². The number of phenols is 1. The van der Waals surface area contributed by atoms with Crippen molar-refractivity contribution < 1.29 is 5.11 Å². The molecule has 1 aromatic carbocycles. The van der Waals surface area contributed by atoms with E-state index < -0.39 is 0 Å². The molecule has 0 saturated carbocycles. The van der Waals surface area contributed by atoms with Gasteiger partial charge in [-0.1, -0.05) is 17.7 Å². The molecule has 0 bridgehead atoms. The molecule has 0 radical (unpaired) electrons. The third-order valence-corrected chi connectivity index (χ3v) is 4.50. The van der Waals surface area contributed by atoms with Crippen LogP contribution in [0.25, 0.3) is 0 Å². The largest absolute Gasteiger partial charge is 0.508 e. The summed E-state index contributed by atoms with van der Waals surface area (Å²) in [6, 6.07) is 6.06. The van der Waals surface area contributed by atoms with Crippen LogP contribution in [-0.4, -0.2) is 47.1 Å². The van der Waals surface area contributed by atoms with Crippen LogP contribution in [0.4, 0.5) is 0 Å². The average Bonchev–Trinajstić information content (AvgIpc) is 2.81. The van der Waals surface area contributed by atoms with Gasteiger partial charge in [0.15, 0.2) is 0 Å². The zero-order valence-electron chi connectivity index (χ0n) is 10.5. The summed E-state index contributed by atoms with van der Waals surface area (Å²) in [5.41, 5.74) is 0.866. The zero-order chi connectivity index (χ0) is 12.5. The minimum Gasteiger partial charge on any atom is -0.508 e. The van der Waals surface area contributed by atoms with E-state index >= 15 is 0 Å². The maximum Gasteiger partial charge on any atom is 0.121 e. The van der Waals surface area contributed by atoms with Crippen LogP contribution in [0.1, 0.15) is 18.4 Å². The predicted octanol–water partition coefficient (Wildman–Crippen LogP) is 2.33. The summed E-state index contributed by atoms with van der Waals surface area (Å²) in [6.45, 7) is 5.34. The number of aromatic hydroxyl groups is 1. The minimum absolute atomic E-state index is 0.316. The van der Waals surface area contributed by atoms with Gasteiger partial charge in [-0.25, -0.2) is 0 Å². The van der Waals surface area contributed by atoms with Crippen molar-refractivity contribution in [3.8, 4) is 5.75 Å². The van der Waals surface area contributed by atoms with Gasteiger partial charge in [0, 0.05) is 42.8 Å². The fourth-order valence-electron chi connectivity index (χ4n) is 3.13. The average molecular weight is 267 g/mol. The molecule has 0 aromatic heterocycles. The van der Waals surface area contributed by atoms with Gasteiger partial charge >= 0.3 is 0 Å². The molecule has 2 saturated heterocycles. The highest BCUT2D eigenvalue weighted by atomic mass is 35.5. The van der Waals surface area contributed by atoms with E-state index in [9.17, 15) is 5.11 Å². The molecule has 1 aromatic rings. The number of rotatable bonds is 2. The Morgan fingerprint density at radius 2 is 2.17 bits per heavy atom. The quantitative estimate of drug-likeness (QED) is 0.890. The molecule has 0 amide bonds. The van der Waals surface area contributed by atoms with Crippen LogP contribution in [0.3, 0.4) is 0 Å². The van der Waals surface area contributed by atoms with E-state index in [1.807, 2.05) is 6.07 Å². The van der Waals surface area contributed by atoms with Crippen molar-refractivity contribution in [3.05, 3.63) is 28.8 Å². The Hall–Kier alpha value is -0.770. The van der Waals surface area contributed by atoms with Crippen molar-refractivity contribution in [1.29, 1.82) is 0 Å². The van der Waals surface area contributed by atoms with Crippen LogP contribution >= 0.6 is 11.6 Å². The second-order valence-electron chi connectivity index (χ2n) is 5.30. The molecule has 2 aliphatic rings. The second kappa shape index (κ2) is 5.08. The highest BCUT2D eigenvalue weighted by Gasteiger charge is 2.30. The van der Waals surface area contributed by atoms with Gasteiger partial charge in [0.1, 0.15) is 5.75 Å². The van der Waals surface area contributed by atoms with Crippen LogP contribution in [-0.2, 0) is 6.54 Å². The van der Waals surface area contributed by atoms with Crippen LogP contribution in [0, 0.1) is 0 Å². The maximum absolute atomic E-state index is 9.89. The van der Waals surface area contributed by atoms with Crippen LogP contribution < -0.4 is 0 Å². The molecule has 18 heavy (non-hydrogen) atoms. The molecule has 0 aliphatic carbocycles. The Kier molecular flexibility index (Phi) is 3.46. The fourth-order valence-corrected chi connectivity index (χ4v) is 3.36. The third-order valence-electron chi connectivity index (χ3n) is 4.15. The van der Waals surface area contributed by atoms with E-state index in [0.717, 1.165) is 31.7 Å². The number of hydrogen-bond donors (Lipinski definition) is 1. The van der Waals surface area contributed by atoms with Crippen molar-refractivity contribution in [1.82, 2.24) is 9.80 Å². The molecule has 4 heteroatoms. The molecule has 0 spiro atoms. The third kappa shape index (κ3) is 2.35. The van der Waals surface area contributed by atoms with Crippen molar-refractivity contribution in [2.75, 3.05) is 26.2 Å². The smallest absolute Gasteiger partial charge is 0.121 e. The van der Waals surface area contributed by atoms with Crippen LogP contribution in [0.5, 0.6) is 5.75 Å². The molecule has 1 N–H and O–H groups in total. The molecule has 98 valence electrons. The Labute approximate surface area is 113 Å². The van der Waals surface area contributed by atoms with Crippen molar-refractivity contribution in [3.63, 3.8) is 0 Å². The summed E-state index contributed by atoms with van der Waals surface area (Å²) >= 11 is 6.16. The summed E-state index contributed by atoms with van der Waals surface area (Å²) in [7, 11) is 0. The summed E-state index contributed by atoms with van der Waals surface area (Å²) < 4.78 is 0. The van der Waals surface area contributed by atoms with Crippen molar-refractivity contribution in [2.24, 2.45) is 0 Å². The van der Waals surface area contributed by atoms with E-state index in [1.165, 1.54) is 19.4 Å². The Bertz CT molecular complexity index is 418. The van der Waals surface area contributed by atoms with E-state index in [4.69, 9.17) is 11.6 Å². The Morgan fingerprint density at radius 3 is 3.00 bits per heavy atom. The molecule has 2 heterocycles. The number of fused-ring (bicyclic) bond motifs is 1. The van der Waals surface area contributed by atoms with Gasteiger partial charge in [-0.15, -0.1) is 0 Å². The number of piperazine rings is 1. The topological polar surface area (TPSA) is 26.7 Å². The van der Waals surface area contributed by atoms with Gasteiger partial charge in [0.05, 0.1) is 0 Å². The first kappa shape index (κ1) is 12.3. The number of halogens is 1. The molecule has 3 nitrogen and oxygen atoms in total. The molecule has 3 rings (SSSR count). The predicted molar refractivity (Wildman–Crippen MR) is 73.0 cm³/mol. The molecular weight excluding hydrogens is 248 g/mol. The fraction of sp³-hybridized carbons (Fsp3) is 0.571. The molecule has 2 aliphatic heterocycles. The van der Waals surface area contributed by atoms with Gasteiger partial charge < -0.3 is 5.11 Å². The summed E-state index contributed by atoms with van der Waals surface area (Å²) in [5, 5.41) is 10.6. The Morgan fingerprint density at radius 1 is 1.28 bits per heavy atom. The van der Waals surface area contributed by atoms with E-state index in [-0.39, 0.29) is 0 Å². The van der Waals surface area contributed by atoms with E-state index in [2.05, 4.69) is 9.80 Å².